The maximum absolute atomic E-state index is 12.8. The Bertz CT molecular complexity index is 923. The molecule has 0 spiro atoms. The Kier molecular flexibility index (Phi) is 6.16. The van der Waals surface area contributed by atoms with E-state index in [1.807, 2.05) is 31.2 Å². The molecule has 0 saturated carbocycles. The van der Waals surface area contributed by atoms with Gasteiger partial charge in [0.15, 0.2) is 6.10 Å². The number of benzene rings is 2. The van der Waals surface area contributed by atoms with E-state index in [2.05, 4.69) is 10.1 Å². The lowest BCUT2D eigenvalue weighted by molar-refractivity contribution is -0.141. The molecule has 29 heavy (non-hydrogen) atoms. The number of anilines is 2. The number of hydrogen-bond acceptors (Lipinski definition) is 5. The van der Waals surface area contributed by atoms with Crippen molar-refractivity contribution >= 4 is 29.2 Å². The van der Waals surface area contributed by atoms with Crippen molar-refractivity contribution < 1.29 is 23.9 Å². The zero-order valence-electron chi connectivity index (χ0n) is 16.7. The third kappa shape index (κ3) is 4.93. The van der Waals surface area contributed by atoms with E-state index < -0.39 is 12.1 Å². The van der Waals surface area contributed by atoms with Crippen molar-refractivity contribution in [2.45, 2.75) is 39.3 Å². The van der Waals surface area contributed by atoms with Gasteiger partial charge in [0, 0.05) is 12.1 Å². The van der Waals surface area contributed by atoms with Gasteiger partial charge >= 0.3 is 5.97 Å². The van der Waals surface area contributed by atoms with Crippen LogP contribution in [0.2, 0.25) is 0 Å². The molecule has 1 aliphatic heterocycles. The Balaban J connectivity index is 1.80. The second-order valence-electron chi connectivity index (χ2n) is 6.98. The largest absolute Gasteiger partial charge is 0.479 e. The van der Waals surface area contributed by atoms with Crippen molar-refractivity contribution in [3.05, 3.63) is 53.6 Å². The van der Waals surface area contributed by atoms with Crippen LogP contribution in [0.15, 0.2) is 42.5 Å². The van der Waals surface area contributed by atoms with Crippen molar-refractivity contribution in [1.82, 2.24) is 0 Å². The maximum Gasteiger partial charge on any atom is 0.306 e. The number of methoxy groups -OCH3 is 1. The van der Waals surface area contributed by atoms with Crippen molar-refractivity contribution in [2.75, 3.05) is 17.3 Å². The standard InChI is InChI=1S/C22H24N2O5/c1-14-4-6-16(7-5-14)13-24-18-12-17(23-20(25)10-11-21(26)28-3)8-9-19(18)29-15(2)22(24)27/h4-9,12,15H,10-11,13H2,1-3H3,(H,23,25). The molecule has 3 rings (SSSR count). The number of fused-ring (bicyclic) bond motifs is 1. The summed E-state index contributed by atoms with van der Waals surface area (Å²) in [4.78, 5) is 37.7. The maximum atomic E-state index is 12.8. The van der Waals surface area contributed by atoms with Gasteiger partial charge in [-0.15, -0.1) is 0 Å². The second-order valence-corrected chi connectivity index (χ2v) is 6.98. The first kappa shape index (κ1) is 20.4. The number of nitrogens with one attached hydrogen (secondary N) is 1. The van der Waals surface area contributed by atoms with Crippen LogP contribution >= 0.6 is 0 Å². The molecule has 7 heteroatoms. The molecule has 0 radical (unpaired) electrons. The Labute approximate surface area is 169 Å². The van der Waals surface area contributed by atoms with Crippen LogP contribution in [0.1, 0.15) is 30.9 Å². The molecule has 1 N–H and O–H groups in total. The van der Waals surface area contributed by atoms with Crippen LogP contribution in [0.3, 0.4) is 0 Å². The third-order valence-corrected chi connectivity index (χ3v) is 4.70. The van der Waals surface area contributed by atoms with Crippen LogP contribution in [0.25, 0.3) is 0 Å². The van der Waals surface area contributed by atoms with Crippen molar-refractivity contribution in [1.29, 1.82) is 0 Å². The third-order valence-electron chi connectivity index (χ3n) is 4.70. The van der Waals surface area contributed by atoms with Gasteiger partial charge in [-0.2, -0.15) is 0 Å². The highest BCUT2D eigenvalue weighted by atomic mass is 16.5. The minimum atomic E-state index is -0.589. The molecule has 2 aromatic rings. The number of hydrogen-bond donors (Lipinski definition) is 1. The first-order chi connectivity index (χ1) is 13.9. The number of carbonyl (C=O) groups is 3. The van der Waals surface area contributed by atoms with E-state index in [1.54, 1.807) is 30.0 Å². The van der Waals surface area contributed by atoms with Gasteiger partial charge in [0.2, 0.25) is 5.91 Å². The molecule has 7 nitrogen and oxygen atoms in total. The molecule has 0 aromatic heterocycles. The fraction of sp³-hybridized carbons (Fsp3) is 0.318. The predicted octanol–water partition coefficient (Wildman–Crippen LogP) is 3.20. The van der Waals surface area contributed by atoms with Crippen LogP contribution < -0.4 is 15.0 Å². The molecule has 0 bridgehead atoms. The molecule has 2 amide bonds. The van der Waals surface area contributed by atoms with Crippen LogP contribution in [0.5, 0.6) is 5.75 Å². The normalized spacial score (nSPS) is 15.3. The molecule has 0 saturated heterocycles. The number of ether oxygens (including phenoxy) is 2. The van der Waals surface area contributed by atoms with Crippen LogP contribution in [0.4, 0.5) is 11.4 Å². The molecular formula is C22H24N2O5. The summed E-state index contributed by atoms with van der Waals surface area (Å²) in [6.07, 6.45) is -0.566. The Morgan fingerprint density at radius 2 is 1.86 bits per heavy atom. The van der Waals surface area contributed by atoms with Crippen molar-refractivity contribution in [2.24, 2.45) is 0 Å². The lowest BCUT2D eigenvalue weighted by atomic mass is 10.1. The number of aryl methyl sites for hydroxylation is 1. The van der Waals surface area contributed by atoms with E-state index in [0.29, 0.717) is 23.7 Å². The summed E-state index contributed by atoms with van der Waals surface area (Å²) in [6.45, 7) is 4.13. The SMILES string of the molecule is COC(=O)CCC(=O)Nc1ccc2c(c1)N(Cc1ccc(C)cc1)C(=O)C(C)O2. The topological polar surface area (TPSA) is 84.9 Å². The zero-order chi connectivity index (χ0) is 21.0. The number of amides is 2. The van der Waals surface area contributed by atoms with E-state index in [4.69, 9.17) is 4.74 Å². The number of carbonyl (C=O) groups excluding carboxylic acids is 3. The highest BCUT2D eigenvalue weighted by molar-refractivity contribution is 6.01. The highest BCUT2D eigenvalue weighted by Crippen LogP contribution is 2.37. The summed E-state index contributed by atoms with van der Waals surface area (Å²) in [7, 11) is 1.28. The van der Waals surface area contributed by atoms with Crippen molar-refractivity contribution in [3.8, 4) is 5.75 Å². The molecule has 2 aromatic carbocycles. The average Bonchev–Trinajstić information content (AvgIpc) is 2.71. The van der Waals surface area contributed by atoms with Gasteiger partial charge in [0.05, 0.1) is 25.8 Å². The number of esters is 1. The lowest BCUT2D eigenvalue weighted by Crippen LogP contribution is -2.44. The van der Waals surface area contributed by atoms with Gasteiger partial charge in [0.1, 0.15) is 5.75 Å². The molecule has 0 fully saturated rings. The smallest absolute Gasteiger partial charge is 0.306 e. The van der Waals surface area contributed by atoms with Gasteiger partial charge in [-0.3, -0.25) is 14.4 Å². The molecule has 0 aliphatic carbocycles. The summed E-state index contributed by atoms with van der Waals surface area (Å²) in [5, 5.41) is 2.75. The zero-order valence-corrected chi connectivity index (χ0v) is 16.7. The molecule has 1 aliphatic rings. The average molecular weight is 396 g/mol. The fourth-order valence-electron chi connectivity index (χ4n) is 3.07. The summed E-state index contributed by atoms with van der Waals surface area (Å²) in [5.41, 5.74) is 3.27. The minimum Gasteiger partial charge on any atom is -0.479 e. The van der Waals surface area contributed by atoms with Gasteiger partial charge in [-0.1, -0.05) is 29.8 Å². The lowest BCUT2D eigenvalue weighted by Gasteiger charge is -2.33. The van der Waals surface area contributed by atoms with Crippen LogP contribution in [-0.4, -0.2) is 31.0 Å². The van der Waals surface area contributed by atoms with Crippen molar-refractivity contribution in [3.63, 3.8) is 0 Å². The summed E-state index contributed by atoms with van der Waals surface area (Å²) in [6, 6.07) is 13.1. The number of nitrogens with zero attached hydrogens (tertiary/aromatic N) is 1. The first-order valence-electron chi connectivity index (χ1n) is 9.41. The van der Waals surface area contributed by atoms with E-state index in [-0.39, 0.29) is 24.7 Å². The predicted molar refractivity (Wildman–Crippen MR) is 109 cm³/mol. The Hall–Kier alpha value is -3.35. The summed E-state index contributed by atoms with van der Waals surface area (Å²) < 4.78 is 10.3. The van der Waals surface area contributed by atoms with E-state index >= 15 is 0 Å². The highest BCUT2D eigenvalue weighted by Gasteiger charge is 2.31. The van der Waals surface area contributed by atoms with E-state index in [0.717, 1.165) is 11.1 Å². The minimum absolute atomic E-state index is 0.00589. The van der Waals surface area contributed by atoms with Crippen LogP contribution in [0, 0.1) is 6.92 Å². The van der Waals surface area contributed by atoms with Gasteiger partial charge in [-0.25, -0.2) is 0 Å². The Morgan fingerprint density at radius 1 is 1.14 bits per heavy atom. The second kappa shape index (κ2) is 8.77. The molecule has 1 unspecified atom stereocenters. The monoisotopic (exact) mass is 396 g/mol. The quantitative estimate of drug-likeness (QED) is 0.758. The molecule has 1 heterocycles. The Morgan fingerprint density at radius 3 is 2.55 bits per heavy atom. The first-order valence-corrected chi connectivity index (χ1v) is 9.41. The van der Waals surface area contributed by atoms with Gasteiger partial charge in [-0.05, 0) is 37.6 Å². The molecular weight excluding hydrogens is 372 g/mol. The fourth-order valence-corrected chi connectivity index (χ4v) is 3.07. The number of rotatable bonds is 6. The summed E-state index contributed by atoms with van der Waals surface area (Å²) >= 11 is 0. The van der Waals surface area contributed by atoms with Crippen LogP contribution in [-0.2, 0) is 25.7 Å². The molecule has 1 atom stereocenters. The summed E-state index contributed by atoms with van der Waals surface area (Å²) in [5.74, 6) is -0.316. The van der Waals surface area contributed by atoms with Gasteiger partial charge in [0.25, 0.3) is 5.91 Å². The molecule has 152 valence electrons. The van der Waals surface area contributed by atoms with Gasteiger partial charge < -0.3 is 19.7 Å². The van der Waals surface area contributed by atoms with E-state index in [1.165, 1.54) is 7.11 Å². The van der Waals surface area contributed by atoms with E-state index in [9.17, 15) is 14.4 Å².